The fourth-order valence-electron chi connectivity index (χ4n) is 4.05. The quantitative estimate of drug-likeness (QED) is 0.685. The SMILES string of the molecule is CC(C)(C)c1ccc(CCC(=O)N2CCCC2c2nc3ccccc3[nH]2)cc1. The lowest BCUT2D eigenvalue weighted by atomic mass is 9.86. The fourth-order valence-corrected chi connectivity index (χ4v) is 4.05. The number of rotatable bonds is 4. The lowest BCUT2D eigenvalue weighted by molar-refractivity contribution is -0.132. The van der Waals surface area contributed by atoms with Crippen molar-refractivity contribution in [2.75, 3.05) is 6.54 Å². The summed E-state index contributed by atoms with van der Waals surface area (Å²) in [5.41, 5.74) is 4.71. The number of imidazole rings is 1. The molecule has 1 aliphatic rings. The summed E-state index contributed by atoms with van der Waals surface area (Å²) in [6.07, 6.45) is 3.35. The zero-order valence-electron chi connectivity index (χ0n) is 17.0. The highest BCUT2D eigenvalue weighted by molar-refractivity contribution is 5.78. The predicted molar refractivity (Wildman–Crippen MR) is 113 cm³/mol. The van der Waals surface area contributed by atoms with Gasteiger partial charge in [-0.05, 0) is 47.9 Å². The minimum absolute atomic E-state index is 0.0724. The van der Waals surface area contributed by atoms with Crippen LogP contribution in [0.25, 0.3) is 11.0 Å². The van der Waals surface area contributed by atoms with Gasteiger partial charge >= 0.3 is 0 Å². The summed E-state index contributed by atoms with van der Waals surface area (Å²) in [6, 6.07) is 16.8. The Balaban J connectivity index is 1.42. The van der Waals surface area contributed by atoms with Gasteiger partial charge in [-0.15, -0.1) is 0 Å². The van der Waals surface area contributed by atoms with Crippen LogP contribution in [0, 0.1) is 0 Å². The second-order valence-electron chi connectivity index (χ2n) is 8.83. The molecule has 1 N–H and O–H groups in total. The van der Waals surface area contributed by atoms with E-state index >= 15 is 0 Å². The van der Waals surface area contributed by atoms with E-state index in [1.165, 1.54) is 11.1 Å². The van der Waals surface area contributed by atoms with Crippen LogP contribution < -0.4 is 0 Å². The Bertz CT molecular complexity index is 932. The molecule has 1 amide bonds. The number of likely N-dealkylation sites (tertiary alicyclic amines) is 1. The van der Waals surface area contributed by atoms with Crippen molar-refractivity contribution in [3.05, 3.63) is 65.5 Å². The number of aromatic nitrogens is 2. The lowest BCUT2D eigenvalue weighted by Gasteiger charge is -2.23. The van der Waals surface area contributed by atoms with Gasteiger partial charge in [0.2, 0.25) is 5.91 Å². The van der Waals surface area contributed by atoms with Gasteiger partial charge in [0.05, 0.1) is 17.1 Å². The molecule has 1 aliphatic heterocycles. The maximum atomic E-state index is 12.9. The maximum Gasteiger partial charge on any atom is 0.223 e. The first-order valence-corrected chi connectivity index (χ1v) is 10.3. The van der Waals surface area contributed by atoms with Crippen LogP contribution in [0.2, 0.25) is 0 Å². The number of H-pyrrole nitrogens is 1. The van der Waals surface area contributed by atoms with E-state index in [1.54, 1.807) is 0 Å². The minimum Gasteiger partial charge on any atom is -0.340 e. The largest absolute Gasteiger partial charge is 0.340 e. The average Bonchev–Trinajstić information content (AvgIpc) is 3.32. The molecule has 0 radical (unpaired) electrons. The molecule has 1 aromatic heterocycles. The molecule has 0 spiro atoms. The zero-order chi connectivity index (χ0) is 19.7. The topological polar surface area (TPSA) is 49.0 Å². The summed E-state index contributed by atoms with van der Waals surface area (Å²) in [5.74, 6) is 1.14. The van der Waals surface area contributed by atoms with Crippen LogP contribution in [-0.2, 0) is 16.6 Å². The first-order chi connectivity index (χ1) is 13.4. The minimum atomic E-state index is 0.0724. The number of aromatic amines is 1. The molecular weight excluding hydrogens is 346 g/mol. The molecule has 1 fully saturated rings. The molecule has 0 saturated carbocycles. The van der Waals surface area contributed by atoms with Crippen molar-refractivity contribution in [3.63, 3.8) is 0 Å². The van der Waals surface area contributed by atoms with Crippen LogP contribution in [0.1, 0.15) is 63.0 Å². The fraction of sp³-hybridized carbons (Fsp3) is 0.417. The van der Waals surface area contributed by atoms with Crippen LogP contribution in [0.15, 0.2) is 48.5 Å². The van der Waals surface area contributed by atoms with Gasteiger partial charge in [-0.25, -0.2) is 4.98 Å². The van der Waals surface area contributed by atoms with E-state index in [9.17, 15) is 4.79 Å². The highest BCUT2D eigenvalue weighted by Gasteiger charge is 2.31. The number of carbonyl (C=O) groups is 1. The van der Waals surface area contributed by atoms with Gasteiger partial charge in [-0.2, -0.15) is 0 Å². The van der Waals surface area contributed by atoms with E-state index in [2.05, 4.69) is 50.0 Å². The van der Waals surface area contributed by atoms with Crippen LogP contribution in [-0.4, -0.2) is 27.3 Å². The van der Waals surface area contributed by atoms with Crippen molar-refractivity contribution in [2.24, 2.45) is 0 Å². The van der Waals surface area contributed by atoms with E-state index in [-0.39, 0.29) is 17.4 Å². The molecule has 28 heavy (non-hydrogen) atoms. The summed E-state index contributed by atoms with van der Waals surface area (Å²) < 4.78 is 0. The maximum absolute atomic E-state index is 12.9. The summed E-state index contributed by atoms with van der Waals surface area (Å²) >= 11 is 0. The molecule has 4 nitrogen and oxygen atoms in total. The molecule has 3 aromatic rings. The number of para-hydroxylation sites is 2. The van der Waals surface area contributed by atoms with Crippen molar-refractivity contribution in [2.45, 2.75) is 57.9 Å². The van der Waals surface area contributed by atoms with Crippen molar-refractivity contribution in [1.29, 1.82) is 0 Å². The third-order valence-corrected chi connectivity index (χ3v) is 5.74. The summed E-state index contributed by atoms with van der Waals surface area (Å²) in [7, 11) is 0. The number of nitrogens with one attached hydrogen (secondary N) is 1. The van der Waals surface area contributed by atoms with Gasteiger partial charge in [0, 0.05) is 13.0 Å². The van der Waals surface area contributed by atoms with Gasteiger partial charge in [0.25, 0.3) is 0 Å². The van der Waals surface area contributed by atoms with Crippen LogP contribution >= 0.6 is 0 Å². The van der Waals surface area contributed by atoms with E-state index in [0.29, 0.717) is 6.42 Å². The number of nitrogens with zero attached hydrogens (tertiary/aromatic N) is 2. The molecule has 1 atom stereocenters. The third-order valence-electron chi connectivity index (χ3n) is 5.74. The van der Waals surface area contributed by atoms with Crippen molar-refractivity contribution < 1.29 is 4.79 Å². The Kier molecular flexibility index (Phi) is 4.96. The van der Waals surface area contributed by atoms with Gasteiger partial charge in [-0.3, -0.25) is 4.79 Å². The second kappa shape index (κ2) is 7.42. The van der Waals surface area contributed by atoms with Crippen LogP contribution in [0.5, 0.6) is 0 Å². The standard InChI is InChI=1S/C24H29N3O/c1-24(2,3)18-13-10-17(11-14-18)12-15-22(28)27-16-6-9-21(27)23-25-19-7-4-5-8-20(19)26-23/h4-5,7-8,10-11,13-14,21H,6,9,12,15-16H2,1-3H3,(H,25,26). The predicted octanol–water partition coefficient (Wildman–Crippen LogP) is 5.16. The molecule has 2 aromatic carbocycles. The van der Waals surface area contributed by atoms with Crippen LogP contribution in [0.4, 0.5) is 0 Å². The number of aryl methyl sites for hydroxylation is 1. The van der Waals surface area contributed by atoms with Crippen molar-refractivity contribution in [3.8, 4) is 0 Å². The highest BCUT2D eigenvalue weighted by atomic mass is 16.2. The summed E-state index contributed by atoms with van der Waals surface area (Å²) in [5, 5.41) is 0. The molecule has 1 unspecified atom stereocenters. The van der Waals surface area contributed by atoms with E-state index in [0.717, 1.165) is 42.7 Å². The Hall–Kier alpha value is -2.62. The van der Waals surface area contributed by atoms with E-state index in [1.807, 2.05) is 29.2 Å². The zero-order valence-corrected chi connectivity index (χ0v) is 17.0. The van der Waals surface area contributed by atoms with Crippen molar-refractivity contribution >= 4 is 16.9 Å². The molecule has 4 heteroatoms. The molecule has 0 bridgehead atoms. The van der Waals surface area contributed by atoms with Crippen molar-refractivity contribution in [1.82, 2.24) is 14.9 Å². The number of fused-ring (bicyclic) bond motifs is 1. The molecular formula is C24H29N3O. The molecule has 1 saturated heterocycles. The second-order valence-corrected chi connectivity index (χ2v) is 8.83. The van der Waals surface area contributed by atoms with E-state index < -0.39 is 0 Å². The number of benzene rings is 2. The lowest BCUT2D eigenvalue weighted by Crippen LogP contribution is -2.31. The first-order valence-electron chi connectivity index (χ1n) is 10.3. The number of hydrogen-bond donors (Lipinski definition) is 1. The number of carbonyl (C=O) groups excluding carboxylic acids is 1. The third kappa shape index (κ3) is 3.82. The Labute approximate surface area is 167 Å². The van der Waals surface area contributed by atoms with Gasteiger partial charge in [0.15, 0.2) is 0 Å². The number of hydrogen-bond acceptors (Lipinski definition) is 2. The highest BCUT2D eigenvalue weighted by Crippen LogP contribution is 2.32. The Morgan fingerprint density at radius 2 is 1.89 bits per heavy atom. The Morgan fingerprint density at radius 1 is 1.14 bits per heavy atom. The van der Waals surface area contributed by atoms with Gasteiger partial charge < -0.3 is 9.88 Å². The molecule has 4 rings (SSSR count). The summed E-state index contributed by atoms with van der Waals surface area (Å²) in [6.45, 7) is 7.48. The Morgan fingerprint density at radius 3 is 2.61 bits per heavy atom. The molecule has 0 aliphatic carbocycles. The first kappa shape index (κ1) is 18.7. The molecule has 146 valence electrons. The normalized spacial score (nSPS) is 17.4. The van der Waals surface area contributed by atoms with Gasteiger partial charge in [-0.1, -0.05) is 57.2 Å². The average molecular weight is 376 g/mol. The number of amides is 1. The van der Waals surface area contributed by atoms with E-state index in [4.69, 9.17) is 4.98 Å². The smallest absolute Gasteiger partial charge is 0.223 e. The summed E-state index contributed by atoms with van der Waals surface area (Å²) in [4.78, 5) is 23.1. The molecule has 2 heterocycles. The van der Waals surface area contributed by atoms with Crippen LogP contribution in [0.3, 0.4) is 0 Å². The van der Waals surface area contributed by atoms with Gasteiger partial charge in [0.1, 0.15) is 5.82 Å². The monoisotopic (exact) mass is 375 g/mol.